The molecular weight excluding hydrogens is 373 g/mol. The SMILES string of the molecule is N#Cc1cc(Cl)cc(Cc2ccc(NC(=O)c3cnc(Cl)cn3)nc2)c1. The van der Waals surface area contributed by atoms with Gasteiger partial charge in [0.25, 0.3) is 5.91 Å². The molecule has 0 fully saturated rings. The highest BCUT2D eigenvalue weighted by Gasteiger charge is 2.09. The molecule has 2 aromatic heterocycles. The van der Waals surface area contributed by atoms with Gasteiger partial charge in [0.2, 0.25) is 0 Å². The fourth-order valence-corrected chi connectivity index (χ4v) is 2.62. The van der Waals surface area contributed by atoms with Crippen LogP contribution in [0.5, 0.6) is 0 Å². The minimum absolute atomic E-state index is 0.142. The van der Waals surface area contributed by atoms with Crippen LogP contribution in [0.25, 0.3) is 0 Å². The zero-order valence-corrected chi connectivity index (χ0v) is 14.8. The van der Waals surface area contributed by atoms with E-state index in [1.165, 1.54) is 12.4 Å². The van der Waals surface area contributed by atoms with Gasteiger partial charge in [0, 0.05) is 11.2 Å². The highest BCUT2D eigenvalue weighted by atomic mass is 35.5. The van der Waals surface area contributed by atoms with Crippen molar-refractivity contribution in [3.63, 3.8) is 0 Å². The molecule has 1 amide bonds. The predicted octanol–water partition coefficient (Wildman–Crippen LogP) is 3.89. The Morgan fingerprint density at radius 1 is 1.04 bits per heavy atom. The van der Waals surface area contributed by atoms with Crippen molar-refractivity contribution >= 4 is 34.9 Å². The van der Waals surface area contributed by atoms with E-state index in [4.69, 9.17) is 28.5 Å². The van der Waals surface area contributed by atoms with E-state index in [1.807, 2.05) is 6.07 Å². The lowest BCUT2D eigenvalue weighted by Gasteiger charge is -2.06. The first-order valence-corrected chi connectivity index (χ1v) is 8.22. The maximum atomic E-state index is 12.1. The molecule has 128 valence electrons. The molecule has 0 atom stereocenters. The maximum absolute atomic E-state index is 12.1. The molecule has 26 heavy (non-hydrogen) atoms. The Labute approximate surface area is 159 Å². The van der Waals surface area contributed by atoms with Gasteiger partial charge in [0.15, 0.2) is 0 Å². The lowest BCUT2D eigenvalue weighted by atomic mass is 10.0. The van der Waals surface area contributed by atoms with Crippen molar-refractivity contribution in [2.45, 2.75) is 6.42 Å². The molecule has 1 aromatic carbocycles. The third-order valence-corrected chi connectivity index (χ3v) is 3.83. The number of aromatic nitrogens is 3. The molecule has 0 radical (unpaired) electrons. The van der Waals surface area contributed by atoms with E-state index < -0.39 is 5.91 Å². The van der Waals surface area contributed by atoms with Crippen molar-refractivity contribution in [2.75, 3.05) is 5.32 Å². The van der Waals surface area contributed by atoms with Crippen molar-refractivity contribution in [2.24, 2.45) is 0 Å². The van der Waals surface area contributed by atoms with Gasteiger partial charge in [-0.2, -0.15) is 5.26 Å². The van der Waals surface area contributed by atoms with Crippen LogP contribution >= 0.6 is 23.2 Å². The Balaban J connectivity index is 1.69. The molecular formula is C18H11Cl2N5O. The molecule has 0 aliphatic heterocycles. The molecule has 0 spiro atoms. The van der Waals surface area contributed by atoms with E-state index >= 15 is 0 Å². The third kappa shape index (κ3) is 4.54. The van der Waals surface area contributed by atoms with Gasteiger partial charge in [-0.25, -0.2) is 15.0 Å². The molecule has 3 rings (SSSR count). The fourth-order valence-electron chi connectivity index (χ4n) is 2.27. The number of amides is 1. The molecule has 0 saturated carbocycles. The lowest BCUT2D eigenvalue weighted by Crippen LogP contribution is -2.14. The molecule has 0 unspecified atom stereocenters. The number of carbonyl (C=O) groups excluding carboxylic acids is 1. The van der Waals surface area contributed by atoms with Crippen LogP contribution < -0.4 is 5.32 Å². The number of nitriles is 1. The number of hydrogen-bond donors (Lipinski definition) is 1. The largest absolute Gasteiger partial charge is 0.305 e. The Morgan fingerprint density at radius 2 is 1.88 bits per heavy atom. The fraction of sp³-hybridized carbons (Fsp3) is 0.0556. The first-order chi connectivity index (χ1) is 12.5. The number of nitrogens with zero attached hydrogens (tertiary/aromatic N) is 4. The second kappa shape index (κ2) is 7.91. The number of carbonyl (C=O) groups is 1. The van der Waals surface area contributed by atoms with Crippen molar-refractivity contribution in [1.82, 2.24) is 15.0 Å². The molecule has 0 saturated heterocycles. The smallest absolute Gasteiger partial charge is 0.277 e. The highest BCUT2D eigenvalue weighted by molar-refractivity contribution is 6.30. The van der Waals surface area contributed by atoms with Gasteiger partial charge in [0.05, 0.1) is 24.0 Å². The Hall–Kier alpha value is -3.01. The number of rotatable bonds is 4. The zero-order valence-electron chi connectivity index (χ0n) is 13.3. The maximum Gasteiger partial charge on any atom is 0.277 e. The second-order valence-corrected chi connectivity index (χ2v) is 6.19. The summed E-state index contributed by atoms with van der Waals surface area (Å²) in [6.45, 7) is 0. The van der Waals surface area contributed by atoms with Crippen molar-refractivity contribution in [1.29, 1.82) is 5.26 Å². The first kappa shape index (κ1) is 17.8. The number of hydrogen-bond acceptors (Lipinski definition) is 5. The van der Waals surface area contributed by atoms with Crippen LogP contribution in [0.15, 0.2) is 48.9 Å². The predicted molar refractivity (Wildman–Crippen MR) is 98.2 cm³/mol. The van der Waals surface area contributed by atoms with Gasteiger partial charge in [-0.1, -0.05) is 29.3 Å². The van der Waals surface area contributed by atoms with Crippen LogP contribution in [0.1, 0.15) is 27.2 Å². The zero-order chi connectivity index (χ0) is 18.5. The van der Waals surface area contributed by atoms with Crippen LogP contribution in [0, 0.1) is 11.3 Å². The minimum atomic E-state index is -0.428. The molecule has 8 heteroatoms. The van der Waals surface area contributed by atoms with Crippen molar-refractivity contribution in [3.05, 3.63) is 81.5 Å². The molecule has 0 bridgehead atoms. The van der Waals surface area contributed by atoms with E-state index in [0.717, 1.165) is 11.1 Å². The summed E-state index contributed by atoms with van der Waals surface area (Å²) in [6.07, 6.45) is 4.81. The first-order valence-electron chi connectivity index (χ1n) is 7.47. The van der Waals surface area contributed by atoms with Gasteiger partial charge in [-0.3, -0.25) is 4.79 Å². The number of anilines is 1. The third-order valence-electron chi connectivity index (χ3n) is 3.41. The average Bonchev–Trinajstić information content (AvgIpc) is 2.63. The van der Waals surface area contributed by atoms with Crippen molar-refractivity contribution < 1.29 is 4.79 Å². The van der Waals surface area contributed by atoms with Crippen LogP contribution in [-0.4, -0.2) is 20.9 Å². The molecule has 3 aromatic rings. The number of halogens is 2. The number of nitrogens with one attached hydrogen (secondary N) is 1. The van der Waals surface area contributed by atoms with Gasteiger partial charge < -0.3 is 5.32 Å². The molecule has 6 nitrogen and oxygen atoms in total. The van der Waals surface area contributed by atoms with E-state index in [-0.39, 0.29) is 10.8 Å². The minimum Gasteiger partial charge on any atom is -0.305 e. The summed E-state index contributed by atoms with van der Waals surface area (Å²) in [4.78, 5) is 24.0. The molecule has 2 heterocycles. The van der Waals surface area contributed by atoms with E-state index in [1.54, 1.807) is 30.5 Å². The van der Waals surface area contributed by atoms with Gasteiger partial charge in [0.1, 0.15) is 16.7 Å². The average molecular weight is 384 g/mol. The number of pyridine rings is 1. The molecule has 0 aliphatic rings. The van der Waals surface area contributed by atoms with Gasteiger partial charge in [-0.15, -0.1) is 0 Å². The molecule has 0 aliphatic carbocycles. The van der Waals surface area contributed by atoms with Crippen LogP contribution in [0.2, 0.25) is 10.2 Å². The van der Waals surface area contributed by atoms with Crippen LogP contribution in [-0.2, 0) is 6.42 Å². The number of benzene rings is 1. The summed E-state index contributed by atoms with van der Waals surface area (Å²) in [5, 5.41) is 12.4. The molecule has 1 N–H and O–H groups in total. The summed E-state index contributed by atoms with van der Waals surface area (Å²) >= 11 is 11.7. The summed E-state index contributed by atoms with van der Waals surface area (Å²) in [6, 6.07) is 10.8. The quantitative estimate of drug-likeness (QED) is 0.737. The summed E-state index contributed by atoms with van der Waals surface area (Å²) in [7, 11) is 0. The summed E-state index contributed by atoms with van der Waals surface area (Å²) in [5.74, 6) is -0.0396. The Morgan fingerprint density at radius 3 is 2.54 bits per heavy atom. The monoisotopic (exact) mass is 383 g/mol. The van der Waals surface area contributed by atoms with E-state index in [0.29, 0.717) is 22.8 Å². The standard InChI is InChI=1S/C18H11Cl2N5O/c19-14-5-12(4-13(6-14)7-21)3-11-1-2-17(24-8-11)25-18(26)15-9-23-16(20)10-22-15/h1-2,4-6,8-10H,3H2,(H,24,25,26). The highest BCUT2D eigenvalue weighted by Crippen LogP contribution is 2.18. The lowest BCUT2D eigenvalue weighted by molar-refractivity contribution is 0.102. The normalized spacial score (nSPS) is 10.2. The van der Waals surface area contributed by atoms with Gasteiger partial charge in [-0.05, 0) is 41.8 Å². The Bertz CT molecular complexity index is 982. The second-order valence-electron chi connectivity index (χ2n) is 5.37. The van der Waals surface area contributed by atoms with Crippen molar-refractivity contribution in [3.8, 4) is 6.07 Å². The summed E-state index contributed by atoms with van der Waals surface area (Å²) < 4.78 is 0. The van der Waals surface area contributed by atoms with Crippen LogP contribution in [0.3, 0.4) is 0 Å². The van der Waals surface area contributed by atoms with Crippen LogP contribution in [0.4, 0.5) is 5.82 Å². The topological polar surface area (TPSA) is 91.6 Å². The Kier molecular flexibility index (Phi) is 5.42. The summed E-state index contributed by atoms with van der Waals surface area (Å²) in [5.41, 5.74) is 2.47. The van der Waals surface area contributed by atoms with E-state index in [9.17, 15) is 4.79 Å². The van der Waals surface area contributed by atoms with Gasteiger partial charge >= 0.3 is 0 Å². The van der Waals surface area contributed by atoms with E-state index in [2.05, 4.69) is 26.3 Å².